The Morgan fingerprint density at radius 1 is 1.35 bits per heavy atom. The van der Waals surface area contributed by atoms with E-state index in [2.05, 4.69) is 22.1 Å². The van der Waals surface area contributed by atoms with Gasteiger partial charge >= 0.3 is 6.18 Å². The van der Waals surface area contributed by atoms with Crippen molar-refractivity contribution in [2.45, 2.75) is 31.5 Å². The maximum atomic E-state index is 12.5. The molecule has 1 unspecified atom stereocenters. The van der Waals surface area contributed by atoms with E-state index in [0.717, 1.165) is 31.4 Å². The van der Waals surface area contributed by atoms with Crippen molar-refractivity contribution in [3.05, 3.63) is 24.0 Å². The van der Waals surface area contributed by atoms with Crippen molar-refractivity contribution in [2.24, 2.45) is 5.92 Å². The first-order valence-corrected chi connectivity index (χ1v) is 6.92. The van der Waals surface area contributed by atoms with Crippen molar-refractivity contribution in [2.75, 3.05) is 24.5 Å². The van der Waals surface area contributed by atoms with Crippen LogP contribution < -0.4 is 10.2 Å². The zero-order valence-electron chi connectivity index (χ0n) is 11.4. The van der Waals surface area contributed by atoms with Crippen molar-refractivity contribution in [1.82, 2.24) is 10.3 Å². The molecule has 0 amide bonds. The van der Waals surface area contributed by atoms with Crippen LogP contribution in [0.5, 0.6) is 0 Å². The maximum Gasteiger partial charge on any atom is 0.433 e. The lowest BCUT2D eigenvalue weighted by molar-refractivity contribution is -0.141. The topological polar surface area (TPSA) is 28.2 Å². The van der Waals surface area contributed by atoms with Gasteiger partial charge in [-0.3, -0.25) is 0 Å². The number of hydrogen-bond acceptors (Lipinski definition) is 3. The smallest absolute Gasteiger partial charge is 0.367 e. The Morgan fingerprint density at radius 2 is 2.10 bits per heavy atom. The highest BCUT2D eigenvalue weighted by molar-refractivity contribution is 5.46. The minimum Gasteiger partial charge on any atom is -0.367 e. The normalized spacial score (nSPS) is 27.7. The van der Waals surface area contributed by atoms with E-state index in [-0.39, 0.29) is 5.54 Å². The maximum absolute atomic E-state index is 12.5. The molecule has 1 saturated heterocycles. The van der Waals surface area contributed by atoms with E-state index in [0.29, 0.717) is 5.92 Å². The fourth-order valence-electron chi connectivity index (χ4n) is 2.96. The van der Waals surface area contributed by atoms with E-state index < -0.39 is 11.9 Å². The average Bonchev–Trinajstić information content (AvgIpc) is 3.23. The standard InChI is InChI=1S/C14H18F3N3/c1-13(10-2-3-10)9-20(7-6-19-13)11-4-5-12(18-8-11)14(15,16)17/h4-5,8,10,19H,2-3,6-7,9H2,1H3. The van der Waals surface area contributed by atoms with Crippen molar-refractivity contribution in [1.29, 1.82) is 0 Å². The molecule has 1 aliphatic heterocycles. The van der Waals surface area contributed by atoms with Gasteiger partial charge in [0.1, 0.15) is 5.69 Å². The Labute approximate surface area is 116 Å². The number of piperazine rings is 1. The summed E-state index contributed by atoms with van der Waals surface area (Å²) >= 11 is 0. The van der Waals surface area contributed by atoms with Crippen LogP contribution in [0.2, 0.25) is 0 Å². The number of alkyl halides is 3. The third-order valence-corrected chi connectivity index (χ3v) is 4.31. The molecule has 2 aliphatic rings. The van der Waals surface area contributed by atoms with Crippen LogP contribution in [-0.4, -0.2) is 30.2 Å². The summed E-state index contributed by atoms with van der Waals surface area (Å²) in [5.41, 5.74) is 0.00808. The number of halogens is 3. The third kappa shape index (κ3) is 2.61. The molecule has 20 heavy (non-hydrogen) atoms. The molecule has 1 atom stereocenters. The monoisotopic (exact) mass is 285 g/mol. The Kier molecular flexibility index (Phi) is 3.16. The predicted octanol–water partition coefficient (Wildman–Crippen LogP) is 2.68. The van der Waals surface area contributed by atoms with Gasteiger partial charge in [-0.05, 0) is 37.8 Å². The summed E-state index contributed by atoms with van der Waals surface area (Å²) in [6.45, 7) is 4.68. The summed E-state index contributed by atoms with van der Waals surface area (Å²) < 4.78 is 37.5. The fourth-order valence-corrected chi connectivity index (χ4v) is 2.96. The Bertz CT molecular complexity index is 481. The molecule has 2 heterocycles. The van der Waals surface area contributed by atoms with Gasteiger partial charge in [0, 0.05) is 25.2 Å². The van der Waals surface area contributed by atoms with Gasteiger partial charge in [0.15, 0.2) is 0 Å². The highest BCUT2D eigenvalue weighted by Crippen LogP contribution is 2.41. The van der Waals surface area contributed by atoms with Crippen LogP contribution in [0.25, 0.3) is 0 Å². The Hall–Kier alpha value is -1.30. The SMILES string of the molecule is CC1(C2CC2)CN(c2ccc(C(F)(F)F)nc2)CCN1. The van der Waals surface area contributed by atoms with Crippen molar-refractivity contribution in [3.8, 4) is 0 Å². The average molecular weight is 285 g/mol. The molecule has 1 saturated carbocycles. The molecule has 0 radical (unpaired) electrons. The zero-order valence-corrected chi connectivity index (χ0v) is 11.4. The van der Waals surface area contributed by atoms with Crippen molar-refractivity contribution >= 4 is 5.69 Å². The van der Waals surface area contributed by atoms with E-state index in [1.165, 1.54) is 25.1 Å². The lowest BCUT2D eigenvalue weighted by Gasteiger charge is -2.43. The summed E-state index contributed by atoms with van der Waals surface area (Å²) in [5.74, 6) is 0.688. The lowest BCUT2D eigenvalue weighted by Crippen LogP contribution is -2.60. The molecule has 0 bridgehead atoms. The van der Waals surface area contributed by atoms with Crippen LogP contribution in [0.3, 0.4) is 0 Å². The molecule has 3 nitrogen and oxygen atoms in total. The van der Waals surface area contributed by atoms with Crippen molar-refractivity contribution < 1.29 is 13.2 Å². The summed E-state index contributed by atoms with van der Waals surface area (Å²) in [4.78, 5) is 5.67. The summed E-state index contributed by atoms with van der Waals surface area (Å²) in [6.07, 6.45) is -0.558. The van der Waals surface area contributed by atoms with Crippen LogP contribution >= 0.6 is 0 Å². The van der Waals surface area contributed by atoms with Crippen LogP contribution in [-0.2, 0) is 6.18 Å². The fraction of sp³-hybridized carbons (Fsp3) is 0.643. The summed E-state index contributed by atoms with van der Waals surface area (Å²) in [6, 6.07) is 2.58. The number of rotatable bonds is 2. The molecule has 1 aromatic heterocycles. The second-order valence-electron chi connectivity index (χ2n) is 5.94. The van der Waals surface area contributed by atoms with E-state index >= 15 is 0 Å². The number of anilines is 1. The molecule has 110 valence electrons. The zero-order chi connectivity index (χ0) is 14.4. The minimum atomic E-state index is -4.37. The van der Waals surface area contributed by atoms with Crippen LogP contribution in [0.4, 0.5) is 18.9 Å². The van der Waals surface area contributed by atoms with E-state index in [1.807, 2.05) is 0 Å². The van der Waals surface area contributed by atoms with Gasteiger partial charge in [0.25, 0.3) is 0 Å². The van der Waals surface area contributed by atoms with Crippen LogP contribution in [0.15, 0.2) is 18.3 Å². The molecule has 0 aromatic carbocycles. The van der Waals surface area contributed by atoms with Gasteiger partial charge < -0.3 is 10.2 Å². The summed E-state index contributed by atoms with van der Waals surface area (Å²) in [7, 11) is 0. The highest BCUT2D eigenvalue weighted by atomic mass is 19.4. The van der Waals surface area contributed by atoms with Gasteiger partial charge in [-0.15, -0.1) is 0 Å². The Balaban J connectivity index is 1.75. The first-order valence-electron chi connectivity index (χ1n) is 6.92. The number of nitrogens with zero attached hydrogens (tertiary/aromatic N) is 2. The van der Waals surface area contributed by atoms with E-state index in [9.17, 15) is 13.2 Å². The van der Waals surface area contributed by atoms with Crippen LogP contribution in [0.1, 0.15) is 25.5 Å². The molecule has 1 aliphatic carbocycles. The first kappa shape index (κ1) is 13.7. The van der Waals surface area contributed by atoms with Gasteiger partial charge in [0.05, 0.1) is 11.9 Å². The van der Waals surface area contributed by atoms with Gasteiger partial charge in [0.2, 0.25) is 0 Å². The van der Waals surface area contributed by atoms with E-state index in [4.69, 9.17) is 0 Å². The van der Waals surface area contributed by atoms with Gasteiger partial charge in [-0.25, -0.2) is 4.98 Å². The highest BCUT2D eigenvalue weighted by Gasteiger charge is 2.44. The van der Waals surface area contributed by atoms with Gasteiger partial charge in [-0.2, -0.15) is 13.2 Å². The molecule has 2 fully saturated rings. The summed E-state index contributed by atoms with van der Waals surface area (Å²) in [5, 5.41) is 3.55. The predicted molar refractivity (Wildman–Crippen MR) is 70.6 cm³/mol. The van der Waals surface area contributed by atoms with E-state index in [1.54, 1.807) is 0 Å². The van der Waals surface area contributed by atoms with Crippen molar-refractivity contribution in [3.63, 3.8) is 0 Å². The quantitative estimate of drug-likeness (QED) is 0.905. The number of hydrogen-bond donors (Lipinski definition) is 1. The second kappa shape index (κ2) is 4.62. The second-order valence-corrected chi connectivity index (χ2v) is 5.94. The number of nitrogens with one attached hydrogen (secondary N) is 1. The lowest BCUT2D eigenvalue weighted by atomic mass is 9.93. The minimum absolute atomic E-state index is 0.0704. The molecule has 3 rings (SSSR count). The third-order valence-electron chi connectivity index (χ3n) is 4.31. The molecule has 0 spiro atoms. The number of aromatic nitrogens is 1. The number of pyridine rings is 1. The largest absolute Gasteiger partial charge is 0.433 e. The molecule has 1 N–H and O–H groups in total. The van der Waals surface area contributed by atoms with Crippen LogP contribution in [0, 0.1) is 5.92 Å². The molecular formula is C14H18F3N3. The Morgan fingerprint density at radius 3 is 2.65 bits per heavy atom. The molecule has 1 aromatic rings. The molecule has 6 heteroatoms. The van der Waals surface area contributed by atoms with Gasteiger partial charge in [-0.1, -0.05) is 0 Å². The first-order chi connectivity index (χ1) is 9.38. The molecular weight excluding hydrogens is 267 g/mol.